The second kappa shape index (κ2) is 5.31. The number of esters is 1. The maximum absolute atomic E-state index is 11.6. The molecule has 0 aliphatic carbocycles. The van der Waals surface area contributed by atoms with E-state index in [-0.39, 0.29) is 12.2 Å². The Kier molecular flexibility index (Phi) is 4.06. The molecule has 0 spiro atoms. The van der Waals surface area contributed by atoms with Crippen LogP contribution in [0.3, 0.4) is 0 Å². The smallest absolute Gasteiger partial charge is 0.304 e. The number of rotatable bonds is 4. The van der Waals surface area contributed by atoms with Gasteiger partial charge in [0.25, 0.3) is 0 Å². The lowest BCUT2D eigenvalue weighted by atomic mass is 9.91. The van der Waals surface area contributed by atoms with Gasteiger partial charge in [-0.3, -0.25) is 9.59 Å². The first-order valence-corrected chi connectivity index (χ1v) is 5.22. The van der Waals surface area contributed by atoms with Crippen molar-refractivity contribution in [3.05, 3.63) is 35.9 Å². The highest BCUT2D eigenvalue weighted by Gasteiger charge is 2.37. The zero-order valence-corrected chi connectivity index (χ0v) is 9.90. The SMILES string of the molecule is C#CC(Cc1ccccc1)(OC(C)=O)C(C)=O. The molecule has 0 bridgehead atoms. The number of benzene rings is 1. The lowest BCUT2D eigenvalue weighted by Crippen LogP contribution is -2.42. The summed E-state index contributed by atoms with van der Waals surface area (Å²) in [7, 11) is 0. The maximum Gasteiger partial charge on any atom is 0.304 e. The van der Waals surface area contributed by atoms with Gasteiger partial charge >= 0.3 is 5.97 Å². The predicted molar refractivity (Wildman–Crippen MR) is 64.2 cm³/mol. The topological polar surface area (TPSA) is 43.4 Å². The molecule has 0 saturated carbocycles. The van der Waals surface area contributed by atoms with Crippen LogP contribution in [-0.2, 0) is 20.7 Å². The minimum atomic E-state index is -1.49. The Balaban J connectivity index is 3.04. The van der Waals surface area contributed by atoms with E-state index in [2.05, 4.69) is 5.92 Å². The molecule has 0 aliphatic heterocycles. The highest BCUT2D eigenvalue weighted by atomic mass is 16.6. The average molecular weight is 230 g/mol. The Labute approximate surface area is 101 Å². The Hall–Kier alpha value is -2.08. The highest BCUT2D eigenvalue weighted by Crippen LogP contribution is 2.19. The monoisotopic (exact) mass is 230 g/mol. The fourth-order valence-corrected chi connectivity index (χ4v) is 1.54. The number of ether oxygens (including phenoxy) is 1. The fraction of sp³-hybridized carbons (Fsp3) is 0.286. The second-order valence-corrected chi connectivity index (χ2v) is 3.78. The summed E-state index contributed by atoms with van der Waals surface area (Å²) in [5, 5.41) is 0. The Morgan fingerprint density at radius 3 is 2.29 bits per heavy atom. The molecule has 1 aromatic rings. The fourth-order valence-electron chi connectivity index (χ4n) is 1.54. The predicted octanol–water partition coefficient (Wildman–Crippen LogP) is 1.75. The van der Waals surface area contributed by atoms with Crippen LogP contribution in [0.2, 0.25) is 0 Å². The van der Waals surface area contributed by atoms with Gasteiger partial charge in [0.2, 0.25) is 5.60 Å². The minimum Gasteiger partial charge on any atom is -0.438 e. The average Bonchev–Trinajstić information content (AvgIpc) is 2.28. The molecule has 0 heterocycles. The van der Waals surface area contributed by atoms with E-state index in [1.807, 2.05) is 30.3 Å². The van der Waals surface area contributed by atoms with Crippen molar-refractivity contribution in [2.75, 3.05) is 0 Å². The van der Waals surface area contributed by atoms with E-state index in [1.54, 1.807) is 0 Å². The van der Waals surface area contributed by atoms with Crippen LogP contribution < -0.4 is 0 Å². The third-order valence-electron chi connectivity index (χ3n) is 2.42. The molecule has 0 amide bonds. The molecule has 1 atom stereocenters. The van der Waals surface area contributed by atoms with Crippen LogP contribution in [0.15, 0.2) is 30.3 Å². The molecule has 0 N–H and O–H groups in total. The third-order valence-corrected chi connectivity index (χ3v) is 2.42. The van der Waals surface area contributed by atoms with E-state index < -0.39 is 11.6 Å². The number of carbonyl (C=O) groups excluding carboxylic acids is 2. The molecule has 0 aromatic heterocycles. The van der Waals surface area contributed by atoms with Gasteiger partial charge in [-0.15, -0.1) is 6.42 Å². The van der Waals surface area contributed by atoms with Gasteiger partial charge in [0, 0.05) is 13.3 Å². The third kappa shape index (κ3) is 3.18. The highest BCUT2D eigenvalue weighted by molar-refractivity contribution is 5.91. The molecule has 1 aromatic carbocycles. The Bertz CT molecular complexity index is 456. The van der Waals surface area contributed by atoms with E-state index in [0.717, 1.165) is 5.56 Å². The Morgan fingerprint density at radius 1 is 1.29 bits per heavy atom. The number of Topliss-reactive ketones (excluding diaryl/α,β-unsaturated/α-hetero) is 1. The Morgan fingerprint density at radius 2 is 1.88 bits per heavy atom. The molecule has 1 unspecified atom stereocenters. The van der Waals surface area contributed by atoms with E-state index in [1.165, 1.54) is 13.8 Å². The van der Waals surface area contributed by atoms with Gasteiger partial charge in [-0.05, 0) is 12.5 Å². The van der Waals surface area contributed by atoms with Gasteiger partial charge in [0.15, 0.2) is 5.78 Å². The molecule has 3 nitrogen and oxygen atoms in total. The zero-order chi connectivity index (χ0) is 12.9. The quantitative estimate of drug-likeness (QED) is 0.584. The number of ketones is 1. The van der Waals surface area contributed by atoms with Gasteiger partial charge in [-0.1, -0.05) is 36.3 Å². The molecule has 3 heteroatoms. The number of carbonyl (C=O) groups is 2. The summed E-state index contributed by atoms with van der Waals surface area (Å²) < 4.78 is 5.03. The van der Waals surface area contributed by atoms with Gasteiger partial charge in [-0.2, -0.15) is 0 Å². The van der Waals surface area contributed by atoms with Crippen molar-refractivity contribution >= 4 is 11.8 Å². The lowest BCUT2D eigenvalue weighted by Gasteiger charge is -2.25. The number of hydrogen-bond acceptors (Lipinski definition) is 3. The molecular weight excluding hydrogens is 216 g/mol. The summed E-state index contributed by atoms with van der Waals surface area (Å²) in [6, 6.07) is 9.20. The molecular formula is C14H14O3. The zero-order valence-electron chi connectivity index (χ0n) is 9.90. The molecule has 0 radical (unpaired) electrons. The van der Waals surface area contributed by atoms with Crippen LogP contribution in [0, 0.1) is 12.3 Å². The van der Waals surface area contributed by atoms with Crippen molar-refractivity contribution < 1.29 is 14.3 Å². The van der Waals surface area contributed by atoms with Gasteiger partial charge in [-0.25, -0.2) is 0 Å². The summed E-state index contributed by atoms with van der Waals surface area (Å²) in [5.41, 5.74) is -0.644. The van der Waals surface area contributed by atoms with Crippen molar-refractivity contribution in [1.29, 1.82) is 0 Å². The molecule has 0 aliphatic rings. The summed E-state index contributed by atoms with van der Waals surface area (Å²) in [5.74, 6) is 1.39. The van der Waals surface area contributed by atoms with Crippen molar-refractivity contribution in [1.82, 2.24) is 0 Å². The van der Waals surface area contributed by atoms with Crippen LogP contribution in [0.1, 0.15) is 19.4 Å². The largest absolute Gasteiger partial charge is 0.438 e. The van der Waals surface area contributed by atoms with Crippen LogP contribution in [0.5, 0.6) is 0 Å². The molecule has 17 heavy (non-hydrogen) atoms. The lowest BCUT2D eigenvalue weighted by molar-refractivity contribution is -0.158. The van der Waals surface area contributed by atoms with Crippen molar-refractivity contribution in [2.45, 2.75) is 25.9 Å². The first-order chi connectivity index (χ1) is 8.00. The van der Waals surface area contributed by atoms with Crippen molar-refractivity contribution in [3.8, 4) is 12.3 Å². The second-order valence-electron chi connectivity index (χ2n) is 3.78. The van der Waals surface area contributed by atoms with E-state index in [0.29, 0.717) is 0 Å². The number of terminal acetylenes is 1. The van der Waals surface area contributed by atoms with Crippen LogP contribution >= 0.6 is 0 Å². The van der Waals surface area contributed by atoms with Crippen molar-refractivity contribution in [2.24, 2.45) is 0 Å². The van der Waals surface area contributed by atoms with E-state index >= 15 is 0 Å². The normalized spacial score (nSPS) is 13.2. The van der Waals surface area contributed by atoms with Crippen LogP contribution in [0.25, 0.3) is 0 Å². The van der Waals surface area contributed by atoms with Crippen molar-refractivity contribution in [3.63, 3.8) is 0 Å². The molecule has 88 valence electrons. The summed E-state index contributed by atoms with van der Waals surface area (Å²) >= 11 is 0. The summed E-state index contributed by atoms with van der Waals surface area (Å²) in [4.78, 5) is 22.7. The van der Waals surface area contributed by atoms with Gasteiger partial charge in [0.1, 0.15) is 0 Å². The van der Waals surface area contributed by atoms with Crippen LogP contribution in [-0.4, -0.2) is 17.4 Å². The first kappa shape index (κ1) is 13.0. The van der Waals surface area contributed by atoms with Gasteiger partial charge < -0.3 is 4.74 Å². The summed E-state index contributed by atoms with van der Waals surface area (Å²) in [6.07, 6.45) is 5.55. The van der Waals surface area contributed by atoms with E-state index in [4.69, 9.17) is 11.2 Å². The number of hydrogen-bond donors (Lipinski definition) is 0. The molecule has 0 saturated heterocycles. The maximum atomic E-state index is 11.6. The minimum absolute atomic E-state index is 0.194. The summed E-state index contributed by atoms with van der Waals surface area (Å²) in [6.45, 7) is 2.56. The van der Waals surface area contributed by atoms with Gasteiger partial charge in [0.05, 0.1) is 0 Å². The van der Waals surface area contributed by atoms with E-state index in [9.17, 15) is 9.59 Å². The first-order valence-electron chi connectivity index (χ1n) is 5.22. The molecule has 0 fully saturated rings. The van der Waals surface area contributed by atoms with Crippen LogP contribution in [0.4, 0.5) is 0 Å². The standard InChI is InChI=1S/C14H14O3/c1-4-14(11(2)15,17-12(3)16)10-13-8-6-5-7-9-13/h1,5-9H,10H2,2-3H3. The molecule has 1 rings (SSSR count).